The van der Waals surface area contributed by atoms with Crippen molar-refractivity contribution in [1.82, 2.24) is 9.78 Å². The minimum absolute atomic E-state index is 0.366. The molecule has 0 aliphatic heterocycles. The predicted octanol–water partition coefficient (Wildman–Crippen LogP) is 3.28. The van der Waals surface area contributed by atoms with Gasteiger partial charge in [-0.15, -0.1) is 0 Å². The van der Waals surface area contributed by atoms with Crippen molar-refractivity contribution in [3.63, 3.8) is 0 Å². The van der Waals surface area contributed by atoms with Crippen LogP contribution in [0.5, 0.6) is 5.75 Å². The fourth-order valence-electron chi connectivity index (χ4n) is 2.44. The van der Waals surface area contributed by atoms with Crippen molar-refractivity contribution in [3.8, 4) is 5.75 Å². The van der Waals surface area contributed by atoms with Crippen LogP contribution in [0.1, 0.15) is 23.9 Å². The summed E-state index contributed by atoms with van der Waals surface area (Å²) in [6, 6.07) is 4.83. The van der Waals surface area contributed by atoms with Gasteiger partial charge in [-0.1, -0.05) is 11.6 Å². The molecule has 0 saturated heterocycles. The first-order valence-electron chi connectivity index (χ1n) is 8.26. The van der Waals surface area contributed by atoms with Crippen molar-refractivity contribution in [2.75, 3.05) is 12.4 Å². The van der Waals surface area contributed by atoms with Crippen molar-refractivity contribution in [1.29, 1.82) is 0 Å². The van der Waals surface area contributed by atoms with Crippen molar-refractivity contribution < 1.29 is 19.1 Å². The summed E-state index contributed by atoms with van der Waals surface area (Å²) in [5, 5.41) is 7.28. The van der Waals surface area contributed by atoms with Crippen LogP contribution in [-0.4, -0.2) is 34.9 Å². The van der Waals surface area contributed by atoms with E-state index in [2.05, 4.69) is 10.4 Å². The number of halogens is 1. The number of carbonyl (C=O) groups excluding carboxylic acids is 2. The molecule has 0 unspecified atom stereocenters. The summed E-state index contributed by atoms with van der Waals surface area (Å²) in [4.78, 5) is 24.2. The van der Waals surface area contributed by atoms with E-state index < -0.39 is 18.0 Å². The number of methoxy groups -OCH3 is 1. The normalized spacial score (nSPS) is 12.1. The largest absolute Gasteiger partial charge is 0.495 e. The molecule has 0 radical (unpaired) electrons. The Hall–Kier alpha value is -2.80. The Labute approximate surface area is 162 Å². The van der Waals surface area contributed by atoms with Gasteiger partial charge in [-0.2, -0.15) is 5.10 Å². The number of benzene rings is 1. The molecule has 1 N–H and O–H groups in total. The molecule has 27 heavy (non-hydrogen) atoms. The third-order valence-corrected chi connectivity index (χ3v) is 4.33. The molecule has 0 aliphatic rings. The van der Waals surface area contributed by atoms with Gasteiger partial charge in [0.2, 0.25) is 0 Å². The maximum absolute atomic E-state index is 12.2. The number of aromatic nitrogens is 2. The Kier molecular flexibility index (Phi) is 6.63. The van der Waals surface area contributed by atoms with Gasteiger partial charge in [0.15, 0.2) is 6.10 Å². The third-order valence-electron chi connectivity index (χ3n) is 4.03. The maximum atomic E-state index is 12.2. The van der Waals surface area contributed by atoms with Gasteiger partial charge < -0.3 is 14.8 Å². The Morgan fingerprint density at radius 1 is 1.33 bits per heavy atom. The lowest BCUT2D eigenvalue weighted by Gasteiger charge is -2.13. The van der Waals surface area contributed by atoms with Gasteiger partial charge in [-0.25, -0.2) is 4.79 Å². The molecule has 8 heteroatoms. The van der Waals surface area contributed by atoms with E-state index in [9.17, 15) is 9.59 Å². The van der Waals surface area contributed by atoms with Gasteiger partial charge in [0.25, 0.3) is 5.91 Å². The molecular formula is C19H22ClN3O4. The van der Waals surface area contributed by atoms with Gasteiger partial charge in [0.05, 0.1) is 17.8 Å². The van der Waals surface area contributed by atoms with Gasteiger partial charge in [-0.3, -0.25) is 9.48 Å². The molecule has 2 rings (SSSR count). The summed E-state index contributed by atoms with van der Waals surface area (Å²) in [7, 11) is 3.33. The van der Waals surface area contributed by atoms with Gasteiger partial charge in [-0.05, 0) is 45.0 Å². The number of anilines is 1. The zero-order chi connectivity index (χ0) is 20.1. The molecule has 1 aromatic carbocycles. The molecule has 0 bridgehead atoms. The molecule has 1 aromatic heterocycles. The van der Waals surface area contributed by atoms with Crippen molar-refractivity contribution in [2.45, 2.75) is 26.9 Å². The summed E-state index contributed by atoms with van der Waals surface area (Å²) in [5.41, 5.74) is 3.06. The lowest BCUT2D eigenvalue weighted by molar-refractivity contribution is -0.148. The van der Waals surface area contributed by atoms with Gasteiger partial charge in [0.1, 0.15) is 5.75 Å². The fraction of sp³-hybridized carbons (Fsp3) is 0.316. The van der Waals surface area contributed by atoms with Crippen LogP contribution < -0.4 is 10.1 Å². The van der Waals surface area contributed by atoms with E-state index in [0.29, 0.717) is 16.5 Å². The summed E-state index contributed by atoms with van der Waals surface area (Å²) < 4.78 is 11.9. The molecule has 0 spiro atoms. The predicted molar refractivity (Wildman–Crippen MR) is 104 cm³/mol. The van der Waals surface area contributed by atoms with E-state index in [4.69, 9.17) is 21.1 Å². The molecular weight excluding hydrogens is 370 g/mol. The highest BCUT2D eigenvalue weighted by Crippen LogP contribution is 2.27. The van der Waals surface area contributed by atoms with Crippen LogP contribution in [-0.2, 0) is 21.4 Å². The second-order valence-electron chi connectivity index (χ2n) is 5.96. The van der Waals surface area contributed by atoms with Crippen LogP contribution >= 0.6 is 11.6 Å². The van der Waals surface area contributed by atoms with E-state index >= 15 is 0 Å². The first kappa shape index (κ1) is 20.5. The molecule has 2 aromatic rings. The topological polar surface area (TPSA) is 82.4 Å². The number of nitrogens with one attached hydrogen (secondary N) is 1. The lowest BCUT2D eigenvalue weighted by Crippen LogP contribution is -2.29. The highest BCUT2D eigenvalue weighted by molar-refractivity contribution is 6.32. The van der Waals surface area contributed by atoms with Crippen LogP contribution in [0.3, 0.4) is 0 Å². The molecule has 1 heterocycles. The lowest BCUT2D eigenvalue weighted by atomic mass is 10.2. The first-order chi connectivity index (χ1) is 12.7. The van der Waals surface area contributed by atoms with Crippen LogP contribution in [0, 0.1) is 13.8 Å². The van der Waals surface area contributed by atoms with Crippen molar-refractivity contribution in [2.24, 2.45) is 7.05 Å². The number of hydrogen-bond acceptors (Lipinski definition) is 5. The minimum atomic E-state index is -0.973. The molecule has 144 valence electrons. The second kappa shape index (κ2) is 8.73. The standard InChI is InChI=1S/C19H22ClN3O4/c1-11-15(12(2)23(4)22-11)7-9-18(24)27-13(3)19(25)21-14-6-8-17(26-5)16(20)10-14/h6-10,13H,1-5H3,(H,21,25)/b9-7+/t13-/m0/s1. The number of amides is 1. The SMILES string of the molecule is COc1ccc(NC(=O)[C@H](C)OC(=O)/C=C/c2c(C)nn(C)c2C)cc1Cl. The molecule has 0 fully saturated rings. The fourth-order valence-corrected chi connectivity index (χ4v) is 2.70. The molecule has 1 amide bonds. The zero-order valence-electron chi connectivity index (χ0n) is 15.9. The number of ether oxygens (including phenoxy) is 2. The number of carbonyl (C=O) groups is 2. The smallest absolute Gasteiger partial charge is 0.331 e. The number of nitrogens with zero attached hydrogens (tertiary/aromatic N) is 2. The van der Waals surface area contributed by atoms with Crippen molar-refractivity contribution >= 4 is 35.2 Å². The number of esters is 1. The average molecular weight is 392 g/mol. The summed E-state index contributed by atoms with van der Waals surface area (Å²) in [5.74, 6) is -0.583. The van der Waals surface area contributed by atoms with E-state index in [1.165, 1.54) is 20.1 Å². The summed E-state index contributed by atoms with van der Waals surface area (Å²) >= 11 is 6.03. The van der Waals surface area contributed by atoms with E-state index in [0.717, 1.165) is 17.0 Å². The summed E-state index contributed by atoms with van der Waals surface area (Å²) in [6.07, 6.45) is 1.94. The van der Waals surface area contributed by atoms with E-state index in [1.807, 2.05) is 20.9 Å². The Bertz CT molecular complexity index is 889. The Balaban J connectivity index is 1.96. The molecule has 7 nitrogen and oxygen atoms in total. The Morgan fingerprint density at radius 3 is 2.59 bits per heavy atom. The molecule has 1 atom stereocenters. The summed E-state index contributed by atoms with van der Waals surface area (Å²) in [6.45, 7) is 5.25. The van der Waals surface area contributed by atoms with Crippen LogP contribution in [0.2, 0.25) is 5.02 Å². The highest BCUT2D eigenvalue weighted by atomic mass is 35.5. The van der Waals surface area contributed by atoms with E-state index in [-0.39, 0.29) is 0 Å². The van der Waals surface area contributed by atoms with Gasteiger partial charge in [0, 0.05) is 30.1 Å². The van der Waals surface area contributed by atoms with Crippen molar-refractivity contribution in [3.05, 3.63) is 46.2 Å². The minimum Gasteiger partial charge on any atom is -0.495 e. The van der Waals surface area contributed by atoms with E-state index in [1.54, 1.807) is 29.0 Å². The zero-order valence-corrected chi connectivity index (χ0v) is 16.6. The average Bonchev–Trinajstić information content (AvgIpc) is 2.85. The molecule has 0 saturated carbocycles. The number of hydrogen-bond donors (Lipinski definition) is 1. The quantitative estimate of drug-likeness (QED) is 0.603. The molecule has 0 aliphatic carbocycles. The number of rotatable bonds is 6. The monoisotopic (exact) mass is 391 g/mol. The van der Waals surface area contributed by atoms with Crippen LogP contribution in [0.25, 0.3) is 6.08 Å². The Morgan fingerprint density at radius 2 is 2.04 bits per heavy atom. The second-order valence-corrected chi connectivity index (χ2v) is 6.37. The third kappa shape index (κ3) is 5.10. The highest BCUT2D eigenvalue weighted by Gasteiger charge is 2.17. The van der Waals surface area contributed by atoms with Crippen LogP contribution in [0.15, 0.2) is 24.3 Å². The number of aryl methyl sites for hydroxylation is 2. The van der Waals surface area contributed by atoms with Gasteiger partial charge >= 0.3 is 5.97 Å². The van der Waals surface area contributed by atoms with Crippen LogP contribution in [0.4, 0.5) is 5.69 Å². The maximum Gasteiger partial charge on any atom is 0.331 e. The first-order valence-corrected chi connectivity index (χ1v) is 8.64.